The van der Waals surface area contributed by atoms with E-state index in [1.807, 2.05) is 12.1 Å². The van der Waals surface area contributed by atoms with Gasteiger partial charge in [0, 0.05) is 36.8 Å². The van der Waals surface area contributed by atoms with E-state index in [9.17, 15) is 4.79 Å². The molecule has 1 aromatic carbocycles. The molecular weight excluding hydrogens is 511 g/mol. The molecule has 29 heavy (non-hydrogen) atoms. The third-order valence-corrected chi connectivity index (χ3v) is 4.72. The molecule has 0 aliphatic carbocycles. The van der Waals surface area contributed by atoms with Crippen molar-refractivity contribution in [2.24, 2.45) is 4.99 Å². The Balaban J connectivity index is 0.00000300. The number of aromatic nitrogens is 2. The van der Waals surface area contributed by atoms with Gasteiger partial charge in [-0.2, -0.15) is 4.98 Å². The number of likely N-dealkylation sites (tertiary alicyclic amines) is 1. The molecule has 0 bridgehead atoms. The number of aliphatic imine (C=N–C) groups is 1. The van der Waals surface area contributed by atoms with Crippen LogP contribution < -0.4 is 10.6 Å². The molecule has 1 saturated heterocycles. The second kappa shape index (κ2) is 11.2. The molecule has 11 heteroatoms. The van der Waals surface area contributed by atoms with E-state index in [2.05, 4.69) is 25.8 Å². The first kappa shape index (κ1) is 23.2. The highest BCUT2D eigenvalue weighted by Gasteiger charge is 2.23. The van der Waals surface area contributed by atoms with Crippen molar-refractivity contribution >= 4 is 47.6 Å². The second-order valence-corrected chi connectivity index (χ2v) is 6.76. The van der Waals surface area contributed by atoms with Gasteiger partial charge in [0.2, 0.25) is 11.7 Å². The molecular formula is C18H24ClIN6O3. The van der Waals surface area contributed by atoms with Crippen LogP contribution in [0.15, 0.2) is 33.8 Å². The Kier molecular flexibility index (Phi) is 8.96. The molecule has 1 fully saturated rings. The van der Waals surface area contributed by atoms with Gasteiger partial charge in [-0.25, -0.2) is 4.79 Å². The molecule has 0 atom stereocenters. The van der Waals surface area contributed by atoms with Crippen LogP contribution in [0.2, 0.25) is 5.02 Å². The number of methoxy groups -OCH3 is 1. The van der Waals surface area contributed by atoms with Crippen LogP contribution in [0, 0.1) is 0 Å². The molecule has 0 spiro atoms. The minimum absolute atomic E-state index is 0. The first-order chi connectivity index (χ1) is 13.6. The smallest absolute Gasteiger partial charge is 0.409 e. The van der Waals surface area contributed by atoms with E-state index < -0.39 is 0 Å². The monoisotopic (exact) mass is 534 g/mol. The Bertz CT molecular complexity index is 821. The van der Waals surface area contributed by atoms with Crippen molar-refractivity contribution in [1.29, 1.82) is 0 Å². The van der Waals surface area contributed by atoms with Crippen LogP contribution in [0.3, 0.4) is 0 Å². The first-order valence-corrected chi connectivity index (χ1v) is 9.35. The molecule has 2 heterocycles. The number of hydrogen-bond acceptors (Lipinski definition) is 6. The number of ether oxygens (including phenoxy) is 1. The van der Waals surface area contributed by atoms with Gasteiger partial charge < -0.3 is 24.8 Å². The number of nitrogens with zero attached hydrogens (tertiary/aromatic N) is 4. The van der Waals surface area contributed by atoms with Crippen molar-refractivity contribution in [2.45, 2.75) is 25.4 Å². The fraction of sp³-hybridized carbons (Fsp3) is 0.444. The molecule has 1 amide bonds. The number of hydrogen-bond donors (Lipinski definition) is 2. The van der Waals surface area contributed by atoms with Gasteiger partial charge >= 0.3 is 6.09 Å². The molecule has 9 nitrogen and oxygen atoms in total. The van der Waals surface area contributed by atoms with Gasteiger partial charge in [-0.15, -0.1) is 24.0 Å². The van der Waals surface area contributed by atoms with Crippen LogP contribution in [-0.4, -0.2) is 60.4 Å². The Hall–Kier alpha value is -2.08. The number of carbonyl (C=O) groups excluding carboxylic acids is 1. The molecule has 2 N–H and O–H groups in total. The van der Waals surface area contributed by atoms with Crippen molar-refractivity contribution in [3.05, 3.63) is 35.2 Å². The summed E-state index contributed by atoms with van der Waals surface area (Å²) in [4.78, 5) is 21.9. The zero-order valence-corrected chi connectivity index (χ0v) is 19.3. The molecule has 1 aliphatic rings. The van der Waals surface area contributed by atoms with Gasteiger partial charge in [0.05, 0.1) is 13.7 Å². The standard InChI is InChI=1S/C18H23ClN6O3.HI/c1-20-17(22-14-7-9-25(10-8-14)18(26)27-2)21-11-15-23-16(24-28-15)12-3-5-13(19)6-4-12;/h3-6,14H,7-11H2,1-2H3,(H2,20,21,22);1H. The van der Waals surface area contributed by atoms with E-state index in [0.717, 1.165) is 18.4 Å². The summed E-state index contributed by atoms with van der Waals surface area (Å²) in [6.45, 7) is 1.65. The van der Waals surface area contributed by atoms with E-state index in [1.54, 1.807) is 24.1 Å². The molecule has 158 valence electrons. The average molecular weight is 535 g/mol. The minimum Gasteiger partial charge on any atom is -0.453 e. The quantitative estimate of drug-likeness (QED) is 0.353. The summed E-state index contributed by atoms with van der Waals surface area (Å²) in [6, 6.07) is 7.46. The summed E-state index contributed by atoms with van der Waals surface area (Å²) >= 11 is 5.90. The van der Waals surface area contributed by atoms with Gasteiger partial charge in [-0.1, -0.05) is 16.8 Å². The van der Waals surface area contributed by atoms with Crippen molar-refractivity contribution in [3.8, 4) is 11.4 Å². The molecule has 0 radical (unpaired) electrons. The van der Waals surface area contributed by atoms with Crippen LogP contribution in [0.1, 0.15) is 18.7 Å². The normalized spacial score (nSPS) is 14.9. The summed E-state index contributed by atoms with van der Waals surface area (Å²) in [5.41, 5.74) is 0.833. The highest BCUT2D eigenvalue weighted by Crippen LogP contribution is 2.18. The highest BCUT2D eigenvalue weighted by atomic mass is 127. The fourth-order valence-corrected chi connectivity index (χ4v) is 3.05. The van der Waals surface area contributed by atoms with Crippen molar-refractivity contribution in [3.63, 3.8) is 0 Å². The predicted molar refractivity (Wildman–Crippen MR) is 120 cm³/mol. The van der Waals surface area contributed by atoms with Gasteiger partial charge in [0.25, 0.3) is 0 Å². The maximum atomic E-state index is 11.5. The summed E-state index contributed by atoms with van der Waals surface area (Å²) in [6.07, 6.45) is 1.35. The summed E-state index contributed by atoms with van der Waals surface area (Å²) < 4.78 is 10.0. The van der Waals surface area contributed by atoms with Gasteiger partial charge in [-0.05, 0) is 37.1 Å². The van der Waals surface area contributed by atoms with E-state index in [1.165, 1.54) is 7.11 Å². The lowest BCUT2D eigenvalue weighted by molar-refractivity contribution is 0.111. The third kappa shape index (κ3) is 6.46. The fourth-order valence-electron chi connectivity index (χ4n) is 2.93. The number of amides is 1. The van der Waals surface area contributed by atoms with Gasteiger partial charge in [0.1, 0.15) is 0 Å². The molecule has 3 rings (SSSR count). The number of halogens is 2. The Morgan fingerprint density at radius 1 is 1.34 bits per heavy atom. The van der Waals surface area contributed by atoms with Crippen LogP contribution in [0.4, 0.5) is 4.79 Å². The number of guanidine groups is 1. The van der Waals surface area contributed by atoms with Crippen LogP contribution in [0.25, 0.3) is 11.4 Å². The number of rotatable bonds is 4. The van der Waals surface area contributed by atoms with Crippen molar-refractivity contribution in [2.75, 3.05) is 27.2 Å². The molecule has 0 unspecified atom stereocenters. The van der Waals surface area contributed by atoms with Crippen molar-refractivity contribution in [1.82, 2.24) is 25.7 Å². The van der Waals surface area contributed by atoms with Gasteiger partial charge in [0.15, 0.2) is 5.96 Å². The highest BCUT2D eigenvalue weighted by molar-refractivity contribution is 14.0. The molecule has 1 aliphatic heterocycles. The van der Waals surface area contributed by atoms with E-state index in [-0.39, 0.29) is 36.1 Å². The summed E-state index contributed by atoms with van der Waals surface area (Å²) in [5, 5.41) is 11.2. The van der Waals surface area contributed by atoms with Gasteiger partial charge in [-0.3, -0.25) is 4.99 Å². The molecule has 2 aromatic rings. The zero-order chi connectivity index (χ0) is 19.9. The van der Waals surface area contributed by atoms with E-state index in [4.69, 9.17) is 20.9 Å². The number of carbonyl (C=O) groups is 1. The van der Waals surface area contributed by atoms with Crippen molar-refractivity contribution < 1.29 is 14.1 Å². The van der Waals surface area contributed by atoms with Crippen LogP contribution in [-0.2, 0) is 11.3 Å². The topological polar surface area (TPSA) is 105 Å². The van der Waals surface area contributed by atoms with E-state index in [0.29, 0.717) is 42.3 Å². The number of nitrogens with one attached hydrogen (secondary N) is 2. The predicted octanol–water partition coefficient (Wildman–Crippen LogP) is 2.90. The lowest BCUT2D eigenvalue weighted by Crippen LogP contribution is -2.49. The number of benzene rings is 1. The maximum Gasteiger partial charge on any atom is 0.409 e. The van der Waals surface area contributed by atoms with Crippen LogP contribution in [0.5, 0.6) is 0 Å². The Morgan fingerprint density at radius 3 is 2.66 bits per heavy atom. The third-order valence-electron chi connectivity index (χ3n) is 4.47. The largest absolute Gasteiger partial charge is 0.453 e. The molecule has 0 saturated carbocycles. The average Bonchev–Trinajstić information content (AvgIpc) is 3.20. The molecule has 1 aromatic heterocycles. The lowest BCUT2D eigenvalue weighted by atomic mass is 10.1. The lowest BCUT2D eigenvalue weighted by Gasteiger charge is -2.32. The second-order valence-electron chi connectivity index (χ2n) is 6.32. The minimum atomic E-state index is -0.283. The Labute approximate surface area is 191 Å². The maximum absolute atomic E-state index is 11.5. The van der Waals surface area contributed by atoms with Crippen LogP contribution >= 0.6 is 35.6 Å². The number of piperidine rings is 1. The first-order valence-electron chi connectivity index (χ1n) is 8.97. The SMILES string of the molecule is CN=C(NCc1nc(-c2ccc(Cl)cc2)no1)NC1CCN(C(=O)OC)CC1.I. The zero-order valence-electron chi connectivity index (χ0n) is 16.2. The van der Waals surface area contributed by atoms with E-state index >= 15 is 0 Å². The summed E-state index contributed by atoms with van der Waals surface area (Å²) in [5.74, 6) is 1.60. The summed E-state index contributed by atoms with van der Waals surface area (Å²) in [7, 11) is 3.10. The Morgan fingerprint density at radius 2 is 2.03 bits per heavy atom.